The standard InChI is InChI=1S/C5H7NO2S2/c1-2-3-8-4(7)6-5(9)10/h2H,1,3H2,(H2,6,7,9,10). The third-order valence-corrected chi connectivity index (χ3v) is 0.755. The first-order chi connectivity index (χ1) is 4.66. The highest BCUT2D eigenvalue weighted by molar-refractivity contribution is 8.11. The zero-order chi connectivity index (χ0) is 7.98. The zero-order valence-corrected chi connectivity index (χ0v) is 6.87. The summed E-state index contributed by atoms with van der Waals surface area (Å²) in [4.78, 5) is 10.5. The molecule has 0 bridgehead atoms. The first kappa shape index (κ1) is 9.45. The Morgan fingerprint density at radius 2 is 2.50 bits per heavy atom. The Bertz CT molecular complexity index is 158. The van der Waals surface area contributed by atoms with E-state index in [1.54, 1.807) is 0 Å². The Morgan fingerprint density at radius 3 is 2.90 bits per heavy atom. The summed E-state index contributed by atoms with van der Waals surface area (Å²) in [7, 11) is 0. The van der Waals surface area contributed by atoms with Crippen LogP contribution in [0.1, 0.15) is 0 Å². The second-order valence-corrected chi connectivity index (χ2v) is 2.48. The second kappa shape index (κ2) is 5.25. The molecule has 0 aliphatic heterocycles. The zero-order valence-electron chi connectivity index (χ0n) is 5.16. The number of carbonyl (C=O) groups excluding carboxylic acids is 1. The Morgan fingerprint density at radius 1 is 1.90 bits per heavy atom. The third kappa shape index (κ3) is 5.58. The molecule has 1 N–H and O–H groups in total. The van der Waals surface area contributed by atoms with Crippen molar-refractivity contribution in [2.24, 2.45) is 0 Å². The molecule has 0 aliphatic rings. The van der Waals surface area contributed by atoms with Crippen LogP contribution < -0.4 is 5.32 Å². The lowest BCUT2D eigenvalue weighted by Gasteiger charge is -2.00. The molecular weight excluding hydrogens is 170 g/mol. The molecule has 0 aromatic carbocycles. The topological polar surface area (TPSA) is 38.3 Å². The van der Waals surface area contributed by atoms with Gasteiger partial charge in [0.2, 0.25) is 0 Å². The van der Waals surface area contributed by atoms with Gasteiger partial charge in [-0.25, -0.2) is 4.79 Å². The monoisotopic (exact) mass is 177 g/mol. The summed E-state index contributed by atoms with van der Waals surface area (Å²) in [6, 6.07) is 0. The van der Waals surface area contributed by atoms with Crippen LogP contribution in [0.2, 0.25) is 0 Å². The molecule has 0 spiro atoms. The number of nitrogens with one attached hydrogen (secondary N) is 1. The van der Waals surface area contributed by atoms with Crippen LogP contribution >= 0.6 is 24.8 Å². The minimum Gasteiger partial charge on any atom is -0.445 e. The van der Waals surface area contributed by atoms with Crippen LogP contribution in [0.25, 0.3) is 0 Å². The number of hydrogen-bond donors (Lipinski definition) is 2. The quantitative estimate of drug-likeness (QED) is 0.377. The van der Waals surface area contributed by atoms with E-state index in [1.807, 2.05) is 0 Å². The minimum atomic E-state index is -0.611. The summed E-state index contributed by atoms with van der Waals surface area (Å²) in [6.45, 7) is 3.52. The molecule has 0 unspecified atom stereocenters. The van der Waals surface area contributed by atoms with Crippen LogP contribution in [-0.4, -0.2) is 17.0 Å². The predicted octanol–water partition coefficient (Wildman–Crippen LogP) is 1.11. The van der Waals surface area contributed by atoms with Gasteiger partial charge in [0.25, 0.3) is 0 Å². The Labute approximate surface area is 69.8 Å². The van der Waals surface area contributed by atoms with Gasteiger partial charge < -0.3 is 4.74 Å². The first-order valence-electron chi connectivity index (χ1n) is 2.44. The second-order valence-electron chi connectivity index (χ2n) is 1.32. The van der Waals surface area contributed by atoms with Gasteiger partial charge in [0, 0.05) is 0 Å². The van der Waals surface area contributed by atoms with Gasteiger partial charge in [-0.15, -0.1) is 12.6 Å². The van der Waals surface area contributed by atoms with E-state index in [0.717, 1.165) is 0 Å². The molecule has 3 nitrogen and oxygen atoms in total. The summed E-state index contributed by atoms with van der Waals surface area (Å²) < 4.78 is 4.59. The van der Waals surface area contributed by atoms with Crippen molar-refractivity contribution in [2.75, 3.05) is 6.61 Å². The van der Waals surface area contributed by atoms with Crippen molar-refractivity contribution < 1.29 is 9.53 Å². The van der Waals surface area contributed by atoms with E-state index in [4.69, 9.17) is 0 Å². The SMILES string of the molecule is C=CCOC(=O)NC(=S)S. The highest BCUT2D eigenvalue weighted by atomic mass is 32.1. The summed E-state index contributed by atoms with van der Waals surface area (Å²) in [6.07, 6.45) is 0.848. The largest absolute Gasteiger partial charge is 0.445 e. The fraction of sp³-hybridized carbons (Fsp3) is 0.200. The lowest BCUT2D eigenvalue weighted by atomic mass is 10.7. The highest BCUT2D eigenvalue weighted by Crippen LogP contribution is 1.81. The molecule has 5 heteroatoms. The fourth-order valence-corrected chi connectivity index (χ4v) is 0.433. The molecule has 1 amide bonds. The number of amides is 1. The molecule has 56 valence electrons. The Kier molecular flexibility index (Phi) is 4.96. The number of thiocarbonyl (C=S) groups is 1. The number of thiol groups is 1. The van der Waals surface area contributed by atoms with E-state index < -0.39 is 6.09 Å². The van der Waals surface area contributed by atoms with Gasteiger partial charge in [-0.1, -0.05) is 24.9 Å². The minimum absolute atomic E-state index is 0.0917. The number of ether oxygens (including phenoxy) is 1. The van der Waals surface area contributed by atoms with Gasteiger partial charge in [0.15, 0.2) is 0 Å². The maximum Gasteiger partial charge on any atom is 0.412 e. The van der Waals surface area contributed by atoms with Crippen LogP contribution in [0, 0.1) is 0 Å². The van der Waals surface area contributed by atoms with E-state index in [0.29, 0.717) is 0 Å². The first-order valence-corrected chi connectivity index (χ1v) is 3.30. The molecule has 0 atom stereocenters. The van der Waals surface area contributed by atoms with Crippen LogP contribution in [0.3, 0.4) is 0 Å². The predicted molar refractivity (Wildman–Crippen MR) is 46.3 cm³/mol. The Balaban J connectivity index is 3.43. The molecule has 0 heterocycles. The van der Waals surface area contributed by atoms with Gasteiger partial charge in [0.05, 0.1) is 0 Å². The third-order valence-electron chi connectivity index (χ3n) is 0.541. The molecule has 0 rings (SSSR count). The van der Waals surface area contributed by atoms with E-state index >= 15 is 0 Å². The van der Waals surface area contributed by atoms with Gasteiger partial charge in [-0.05, 0) is 0 Å². The van der Waals surface area contributed by atoms with Gasteiger partial charge in [0.1, 0.15) is 10.9 Å². The lowest BCUT2D eigenvalue weighted by molar-refractivity contribution is 0.164. The summed E-state index contributed by atoms with van der Waals surface area (Å²) in [5.41, 5.74) is 0. The van der Waals surface area contributed by atoms with Gasteiger partial charge in [-0.3, -0.25) is 5.32 Å². The van der Waals surface area contributed by atoms with Crippen LogP contribution in [0.15, 0.2) is 12.7 Å². The van der Waals surface area contributed by atoms with E-state index in [-0.39, 0.29) is 10.9 Å². The van der Waals surface area contributed by atoms with Crippen LogP contribution in [0.4, 0.5) is 4.79 Å². The van der Waals surface area contributed by atoms with E-state index in [9.17, 15) is 4.79 Å². The van der Waals surface area contributed by atoms with Crippen molar-refractivity contribution in [3.8, 4) is 0 Å². The van der Waals surface area contributed by atoms with Gasteiger partial charge in [-0.2, -0.15) is 0 Å². The molecule has 10 heavy (non-hydrogen) atoms. The summed E-state index contributed by atoms with van der Waals surface area (Å²) in [5.74, 6) is 0. The summed E-state index contributed by atoms with van der Waals surface area (Å²) >= 11 is 8.10. The molecular formula is C5H7NO2S2. The van der Waals surface area contributed by atoms with Crippen molar-refractivity contribution in [2.45, 2.75) is 0 Å². The number of hydrogen-bond acceptors (Lipinski definition) is 3. The maximum atomic E-state index is 10.5. The lowest BCUT2D eigenvalue weighted by Crippen LogP contribution is -2.26. The molecule has 0 aromatic rings. The summed E-state index contributed by atoms with van der Waals surface area (Å²) in [5, 5.41) is 2.16. The smallest absolute Gasteiger partial charge is 0.412 e. The number of alkyl carbamates (subject to hydrolysis) is 1. The van der Waals surface area contributed by atoms with Crippen LogP contribution in [0.5, 0.6) is 0 Å². The maximum absolute atomic E-state index is 10.5. The van der Waals surface area contributed by atoms with E-state index in [2.05, 4.69) is 41.5 Å². The average molecular weight is 177 g/mol. The molecule has 0 aliphatic carbocycles. The van der Waals surface area contributed by atoms with Crippen molar-refractivity contribution >= 4 is 35.3 Å². The van der Waals surface area contributed by atoms with Gasteiger partial charge >= 0.3 is 6.09 Å². The number of rotatable bonds is 2. The normalized spacial score (nSPS) is 8.10. The van der Waals surface area contributed by atoms with Crippen molar-refractivity contribution in [1.82, 2.24) is 5.32 Å². The fourth-order valence-electron chi connectivity index (χ4n) is 0.258. The van der Waals surface area contributed by atoms with Crippen molar-refractivity contribution in [1.29, 1.82) is 0 Å². The molecule has 0 radical (unpaired) electrons. The molecule has 0 fully saturated rings. The van der Waals surface area contributed by atoms with Crippen molar-refractivity contribution in [3.63, 3.8) is 0 Å². The molecule has 0 saturated heterocycles. The highest BCUT2D eigenvalue weighted by Gasteiger charge is 1.98. The number of carbonyl (C=O) groups is 1. The molecule has 0 aromatic heterocycles. The van der Waals surface area contributed by atoms with E-state index in [1.165, 1.54) is 6.08 Å². The average Bonchev–Trinajstić information content (AvgIpc) is 1.82. The van der Waals surface area contributed by atoms with Crippen molar-refractivity contribution in [3.05, 3.63) is 12.7 Å². The van der Waals surface area contributed by atoms with Crippen LogP contribution in [-0.2, 0) is 4.74 Å². The molecule has 0 saturated carbocycles. The Hall–Kier alpha value is -0.550.